The van der Waals surface area contributed by atoms with E-state index >= 15 is 0 Å². The number of thiocarbonyl (C=S) groups is 1. The third-order valence-corrected chi connectivity index (χ3v) is 6.12. The van der Waals surface area contributed by atoms with Crippen LogP contribution in [-0.4, -0.2) is 21.0 Å². The number of carbonyl (C=O) groups is 1. The highest BCUT2D eigenvalue weighted by molar-refractivity contribution is 7.80. The monoisotopic (exact) mass is 559 g/mol. The molecular weight excluding hydrogens is 544 g/mol. The van der Waals surface area contributed by atoms with Gasteiger partial charge in [-0.15, -0.1) is 0 Å². The van der Waals surface area contributed by atoms with Crippen LogP contribution >= 0.6 is 70.2 Å². The average Bonchev–Trinajstić information content (AvgIpc) is 2.77. The second-order valence-electron chi connectivity index (χ2n) is 6.93. The van der Waals surface area contributed by atoms with Gasteiger partial charge in [0.05, 0.1) is 21.7 Å². The quantitative estimate of drug-likeness (QED) is 0.174. The smallest absolute Gasteiger partial charge is 0.233 e. The molecule has 0 unspecified atom stereocenters. The third-order valence-electron chi connectivity index (χ3n) is 4.62. The normalized spacial score (nSPS) is 12.2. The molecule has 1 atom stereocenters. The van der Waals surface area contributed by atoms with Crippen molar-refractivity contribution < 1.29 is 4.79 Å². The maximum absolute atomic E-state index is 13.4. The van der Waals surface area contributed by atoms with Gasteiger partial charge in [-0.05, 0) is 35.5 Å². The van der Waals surface area contributed by atoms with E-state index in [2.05, 4.69) is 16.0 Å². The van der Waals surface area contributed by atoms with Gasteiger partial charge in [0.15, 0.2) is 5.11 Å². The van der Waals surface area contributed by atoms with Crippen LogP contribution < -0.4 is 16.0 Å². The molecule has 0 saturated heterocycles. The Morgan fingerprint density at radius 2 is 1.24 bits per heavy atom. The van der Waals surface area contributed by atoms with E-state index in [-0.39, 0.29) is 11.0 Å². The fourth-order valence-electron chi connectivity index (χ4n) is 3.11. The molecule has 4 nitrogen and oxygen atoms in total. The summed E-state index contributed by atoms with van der Waals surface area (Å²) in [6.07, 6.45) is -1.16. The van der Waals surface area contributed by atoms with Crippen molar-refractivity contribution in [1.29, 1.82) is 0 Å². The molecule has 0 saturated carbocycles. The number of anilines is 1. The van der Waals surface area contributed by atoms with E-state index in [0.717, 1.165) is 11.1 Å². The number of hydrogen-bond acceptors (Lipinski definition) is 2. The highest BCUT2D eigenvalue weighted by Gasteiger charge is 2.36. The Balaban J connectivity index is 1.82. The first kappa shape index (κ1) is 25.9. The third kappa shape index (κ3) is 7.12. The second-order valence-corrected chi connectivity index (χ2v) is 10.5. The molecule has 3 rings (SSSR count). The predicted octanol–water partition coefficient (Wildman–Crippen LogP) is 6.92. The van der Waals surface area contributed by atoms with Gasteiger partial charge in [0.25, 0.3) is 0 Å². The first-order valence-corrected chi connectivity index (χ1v) is 11.9. The lowest BCUT2D eigenvalue weighted by atomic mass is 9.90. The lowest BCUT2D eigenvalue weighted by Gasteiger charge is -2.30. The molecule has 0 aromatic heterocycles. The van der Waals surface area contributed by atoms with Gasteiger partial charge in [0, 0.05) is 0 Å². The summed E-state index contributed by atoms with van der Waals surface area (Å²) in [7, 11) is 0. The van der Waals surface area contributed by atoms with Crippen molar-refractivity contribution in [2.75, 3.05) is 5.32 Å². The summed E-state index contributed by atoms with van der Waals surface area (Å²) in [4.78, 5) is 13.4. The molecule has 0 spiro atoms. The van der Waals surface area contributed by atoms with Crippen LogP contribution in [0.1, 0.15) is 17.0 Å². The van der Waals surface area contributed by atoms with E-state index in [0.29, 0.717) is 15.7 Å². The number of para-hydroxylation sites is 1. The van der Waals surface area contributed by atoms with Crippen LogP contribution in [0.25, 0.3) is 0 Å². The van der Waals surface area contributed by atoms with Crippen LogP contribution in [0, 0.1) is 0 Å². The molecule has 0 fully saturated rings. The van der Waals surface area contributed by atoms with E-state index in [4.69, 9.17) is 70.2 Å². The van der Waals surface area contributed by atoms with Crippen molar-refractivity contribution in [1.82, 2.24) is 10.6 Å². The summed E-state index contributed by atoms with van der Waals surface area (Å²) >= 11 is 36.2. The Morgan fingerprint density at radius 3 is 1.70 bits per heavy atom. The van der Waals surface area contributed by atoms with Gasteiger partial charge in [0.1, 0.15) is 6.17 Å². The SMILES string of the molecule is O=C(N[C@H](NC(=S)Nc1c(Cl)cccc1Cl)C(Cl)(Cl)Cl)C(c1ccccc1)c1ccccc1. The van der Waals surface area contributed by atoms with Crippen molar-refractivity contribution in [3.63, 3.8) is 0 Å². The van der Waals surface area contributed by atoms with Crippen molar-refractivity contribution in [2.24, 2.45) is 0 Å². The number of rotatable bonds is 6. The molecule has 0 aliphatic rings. The Bertz CT molecular complexity index is 1050. The van der Waals surface area contributed by atoms with Crippen molar-refractivity contribution in [2.45, 2.75) is 15.9 Å². The first-order valence-electron chi connectivity index (χ1n) is 9.65. The molecule has 3 aromatic rings. The summed E-state index contributed by atoms with van der Waals surface area (Å²) in [5.41, 5.74) is 1.96. The fraction of sp³-hybridized carbons (Fsp3) is 0.130. The van der Waals surface area contributed by atoms with E-state index in [1.807, 2.05) is 60.7 Å². The number of hydrogen-bond donors (Lipinski definition) is 3. The number of carbonyl (C=O) groups excluding carboxylic acids is 1. The zero-order valence-electron chi connectivity index (χ0n) is 16.9. The van der Waals surface area contributed by atoms with Gasteiger partial charge in [-0.1, -0.05) is 125 Å². The highest BCUT2D eigenvalue weighted by Crippen LogP contribution is 2.32. The molecule has 1 amide bonds. The van der Waals surface area contributed by atoms with Crippen LogP contribution in [0.3, 0.4) is 0 Å². The minimum absolute atomic E-state index is 0.0533. The van der Waals surface area contributed by atoms with E-state index < -0.39 is 15.9 Å². The molecule has 0 heterocycles. The maximum Gasteiger partial charge on any atom is 0.233 e. The van der Waals surface area contributed by atoms with Crippen LogP contribution in [-0.2, 0) is 4.79 Å². The van der Waals surface area contributed by atoms with Crippen LogP contribution in [0.2, 0.25) is 10.0 Å². The molecule has 0 bridgehead atoms. The zero-order chi connectivity index (χ0) is 24.0. The topological polar surface area (TPSA) is 53.2 Å². The number of alkyl halides is 3. The molecule has 0 radical (unpaired) electrons. The molecule has 0 aliphatic heterocycles. The second kappa shape index (κ2) is 11.6. The summed E-state index contributed by atoms with van der Waals surface area (Å²) in [5, 5.41) is 9.23. The number of halogens is 5. The molecule has 172 valence electrons. The van der Waals surface area contributed by atoms with Crippen LogP contribution in [0.4, 0.5) is 5.69 Å². The summed E-state index contributed by atoms with van der Waals surface area (Å²) in [6, 6.07) is 23.6. The fourth-order valence-corrected chi connectivity index (χ4v) is 4.15. The Kier molecular flexibility index (Phi) is 9.10. The molecule has 3 N–H and O–H groups in total. The van der Waals surface area contributed by atoms with Gasteiger partial charge in [-0.3, -0.25) is 4.79 Å². The molecule has 10 heteroatoms. The van der Waals surface area contributed by atoms with E-state index in [9.17, 15) is 4.79 Å². The molecular formula is C23H18Cl5N3OS. The maximum atomic E-state index is 13.4. The van der Waals surface area contributed by atoms with Gasteiger partial charge >= 0.3 is 0 Å². The van der Waals surface area contributed by atoms with Gasteiger partial charge < -0.3 is 16.0 Å². The Morgan fingerprint density at radius 1 is 0.758 bits per heavy atom. The van der Waals surface area contributed by atoms with Crippen LogP contribution in [0.15, 0.2) is 78.9 Å². The number of nitrogens with one attached hydrogen (secondary N) is 3. The van der Waals surface area contributed by atoms with Crippen molar-refractivity contribution in [3.05, 3.63) is 100 Å². The standard InChI is InChI=1S/C23H18Cl5N3OS/c24-16-12-7-13-17(25)19(16)29-22(33)31-21(23(26,27)28)30-20(32)18(14-8-3-1-4-9-14)15-10-5-2-6-11-15/h1-13,18,21H,(H,30,32)(H2,29,31,33)/t21-/m1/s1. The number of benzene rings is 3. The van der Waals surface area contributed by atoms with Crippen molar-refractivity contribution in [3.8, 4) is 0 Å². The Hall–Kier alpha value is -1.73. The summed E-state index contributed by atoms with van der Waals surface area (Å²) < 4.78 is -1.93. The number of amides is 1. The molecule has 3 aromatic carbocycles. The van der Waals surface area contributed by atoms with E-state index in [1.54, 1.807) is 18.2 Å². The van der Waals surface area contributed by atoms with Gasteiger partial charge in [0.2, 0.25) is 9.70 Å². The molecule has 33 heavy (non-hydrogen) atoms. The van der Waals surface area contributed by atoms with E-state index in [1.165, 1.54) is 0 Å². The highest BCUT2D eigenvalue weighted by atomic mass is 35.6. The van der Waals surface area contributed by atoms with Gasteiger partial charge in [-0.2, -0.15) is 0 Å². The van der Waals surface area contributed by atoms with Gasteiger partial charge in [-0.25, -0.2) is 0 Å². The zero-order valence-corrected chi connectivity index (χ0v) is 21.5. The first-order chi connectivity index (χ1) is 15.7. The average molecular weight is 562 g/mol. The minimum Gasteiger partial charge on any atom is -0.339 e. The minimum atomic E-state index is -1.93. The Labute approximate surface area is 222 Å². The lowest BCUT2D eigenvalue weighted by molar-refractivity contribution is -0.122. The van der Waals surface area contributed by atoms with Crippen LogP contribution in [0.5, 0.6) is 0 Å². The summed E-state index contributed by atoms with van der Waals surface area (Å²) in [6.45, 7) is 0. The molecule has 0 aliphatic carbocycles. The predicted molar refractivity (Wildman–Crippen MR) is 143 cm³/mol. The summed E-state index contributed by atoms with van der Waals surface area (Å²) in [5.74, 6) is -1.02. The van der Waals surface area contributed by atoms with Crippen molar-refractivity contribution >= 4 is 86.9 Å². The largest absolute Gasteiger partial charge is 0.339 e. The lowest BCUT2D eigenvalue weighted by Crippen LogP contribution is -2.57.